The van der Waals surface area contributed by atoms with Crippen LogP contribution in [0.25, 0.3) is 0 Å². The average Bonchev–Trinajstić information content (AvgIpc) is 2.55. The lowest BCUT2D eigenvalue weighted by atomic mass is 9.76. The third kappa shape index (κ3) is 2.66. The van der Waals surface area contributed by atoms with Crippen molar-refractivity contribution in [3.63, 3.8) is 0 Å². The van der Waals surface area contributed by atoms with Crippen molar-refractivity contribution < 1.29 is 9.53 Å². The predicted molar refractivity (Wildman–Crippen MR) is 89.6 cm³/mol. The molecule has 0 radical (unpaired) electrons. The van der Waals surface area contributed by atoms with Crippen LogP contribution in [0.15, 0.2) is 46.4 Å². The van der Waals surface area contributed by atoms with Gasteiger partial charge in [0.1, 0.15) is 23.4 Å². The van der Waals surface area contributed by atoms with Crippen LogP contribution in [-0.2, 0) is 20.5 Å². The number of allylic oxidation sites excluding steroid dienone is 1. The zero-order chi connectivity index (χ0) is 16.5. The molecule has 0 fully saturated rings. The van der Waals surface area contributed by atoms with E-state index in [0.29, 0.717) is 25.6 Å². The van der Waals surface area contributed by atoms with E-state index in [1.165, 1.54) is 0 Å². The highest BCUT2D eigenvalue weighted by molar-refractivity contribution is 5.92. The first-order chi connectivity index (χ1) is 11.0. The summed E-state index contributed by atoms with van der Waals surface area (Å²) in [6.45, 7) is 3.05. The Hall–Kier alpha value is -2.47. The van der Waals surface area contributed by atoms with Gasteiger partial charge in [0.05, 0.1) is 13.2 Å². The van der Waals surface area contributed by atoms with Gasteiger partial charge in [-0.2, -0.15) is 0 Å². The number of primary amides is 1. The second-order valence-electron chi connectivity index (χ2n) is 6.14. The Morgan fingerprint density at radius 1 is 1.35 bits per heavy atom. The maximum atomic E-state index is 12.1. The van der Waals surface area contributed by atoms with E-state index in [4.69, 9.17) is 16.2 Å². The quantitative estimate of drug-likeness (QED) is 0.856. The van der Waals surface area contributed by atoms with E-state index in [2.05, 4.69) is 9.98 Å². The average molecular weight is 312 g/mol. The van der Waals surface area contributed by atoms with Crippen molar-refractivity contribution in [3.05, 3.63) is 47.5 Å². The van der Waals surface area contributed by atoms with Gasteiger partial charge < -0.3 is 16.2 Å². The molecule has 0 saturated heterocycles. The van der Waals surface area contributed by atoms with Crippen molar-refractivity contribution >= 4 is 18.0 Å². The van der Waals surface area contributed by atoms with Gasteiger partial charge >= 0.3 is 0 Å². The number of benzene rings is 1. The van der Waals surface area contributed by atoms with Gasteiger partial charge in [-0.1, -0.05) is 30.3 Å². The molecule has 23 heavy (non-hydrogen) atoms. The zero-order valence-corrected chi connectivity index (χ0v) is 13.0. The summed E-state index contributed by atoms with van der Waals surface area (Å²) in [5.74, 6) is 0.0479. The minimum atomic E-state index is -0.925. The summed E-state index contributed by atoms with van der Waals surface area (Å²) >= 11 is 0. The molecule has 6 heteroatoms. The van der Waals surface area contributed by atoms with E-state index in [1.807, 2.05) is 31.2 Å². The lowest BCUT2D eigenvalue weighted by Gasteiger charge is -2.32. The first-order valence-corrected chi connectivity index (χ1v) is 7.47. The largest absolute Gasteiger partial charge is 0.386 e. The Labute approximate surface area is 134 Å². The molecule has 0 bridgehead atoms. The molecule has 0 aliphatic carbocycles. The molecule has 0 saturated carbocycles. The minimum Gasteiger partial charge on any atom is -0.386 e. The molecule has 0 spiro atoms. The molecule has 120 valence electrons. The molecule has 1 amide bonds. The monoisotopic (exact) mass is 312 g/mol. The van der Waals surface area contributed by atoms with Crippen molar-refractivity contribution in [1.82, 2.24) is 0 Å². The fourth-order valence-electron chi connectivity index (χ4n) is 3.02. The number of hydrogen-bond acceptors (Lipinski definition) is 5. The van der Waals surface area contributed by atoms with Gasteiger partial charge in [-0.05, 0) is 24.1 Å². The van der Waals surface area contributed by atoms with Crippen LogP contribution in [0.2, 0.25) is 0 Å². The van der Waals surface area contributed by atoms with E-state index < -0.39 is 16.9 Å². The van der Waals surface area contributed by atoms with Crippen LogP contribution in [0.1, 0.15) is 18.1 Å². The van der Waals surface area contributed by atoms with Gasteiger partial charge in [0.2, 0.25) is 5.91 Å². The van der Waals surface area contributed by atoms with Crippen molar-refractivity contribution in [2.45, 2.75) is 17.9 Å². The summed E-state index contributed by atoms with van der Waals surface area (Å²) in [4.78, 5) is 20.9. The topological polar surface area (TPSA) is 103 Å². The highest BCUT2D eigenvalue weighted by Gasteiger charge is 2.38. The molecule has 0 aromatic heterocycles. The van der Waals surface area contributed by atoms with Gasteiger partial charge in [0.25, 0.3) is 0 Å². The summed E-state index contributed by atoms with van der Waals surface area (Å²) in [6, 6.07) is 7.69. The highest BCUT2D eigenvalue weighted by atomic mass is 16.5. The summed E-state index contributed by atoms with van der Waals surface area (Å²) in [5.41, 5.74) is 11.7. The number of nitrogens with zero attached hydrogens (tertiary/aromatic N) is 2. The number of carbonyl (C=O) groups excluding carboxylic acids is 1. The molecule has 2 aliphatic heterocycles. The van der Waals surface area contributed by atoms with E-state index >= 15 is 0 Å². The summed E-state index contributed by atoms with van der Waals surface area (Å²) in [7, 11) is 0. The third-order valence-electron chi connectivity index (χ3n) is 4.38. The van der Waals surface area contributed by atoms with E-state index in [0.717, 1.165) is 11.1 Å². The number of amidine groups is 1. The van der Waals surface area contributed by atoms with Crippen LogP contribution in [0.4, 0.5) is 0 Å². The van der Waals surface area contributed by atoms with Gasteiger partial charge in [-0.3, -0.25) is 14.8 Å². The van der Waals surface area contributed by atoms with Crippen molar-refractivity contribution in [2.75, 3.05) is 19.8 Å². The fraction of sp³-hybridized carbons (Fsp3) is 0.353. The molecule has 2 aliphatic rings. The van der Waals surface area contributed by atoms with Crippen LogP contribution < -0.4 is 11.5 Å². The van der Waals surface area contributed by atoms with E-state index in [-0.39, 0.29) is 0 Å². The number of dihydropyridines is 1. The summed E-state index contributed by atoms with van der Waals surface area (Å²) < 4.78 is 5.52. The number of aliphatic imine (C=N–C) groups is 2. The summed E-state index contributed by atoms with van der Waals surface area (Å²) in [5, 5.41) is 0. The molecule has 2 atom stereocenters. The summed E-state index contributed by atoms with van der Waals surface area (Å²) in [6.07, 6.45) is 5.23. The molecule has 4 N–H and O–H groups in total. The van der Waals surface area contributed by atoms with Crippen LogP contribution in [0, 0.1) is 0 Å². The third-order valence-corrected chi connectivity index (χ3v) is 4.38. The normalized spacial score (nSPS) is 30.0. The lowest BCUT2D eigenvalue weighted by Crippen LogP contribution is -2.43. The second kappa shape index (κ2) is 5.62. The Balaban J connectivity index is 2.06. The Morgan fingerprint density at radius 2 is 2.13 bits per heavy atom. The maximum Gasteiger partial charge on any atom is 0.233 e. The van der Waals surface area contributed by atoms with E-state index in [1.54, 1.807) is 18.4 Å². The molecular formula is C17H20N4O2. The van der Waals surface area contributed by atoms with Crippen molar-refractivity contribution in [2.24, 2.45) is 21.5 Å². The van der Waals surface area contributed by atoms with E-state index in [9.17, 15) is 4.79 Å². The Morgan fingerprint density at radius 3 is 2.78 bits per heavy atom. The number of rotatable bonds is 3. The van der Waals surface area contributed by atoms with Gasteiger partial charge in [-0.15, -0.1) is 0 Å². The standard InChI is InChI=1S/C17H20N4O2/c1-16(11-23-9-14(18)21-16)12-4-2-5-13(8-12)17(15(19)22)6-3-7-20-10-17/h2-8H,9-11H2,1H3,(H2,18,21)(H2,19,22). The van der Waals surface area contributed by atoms with Gasteiger partial charge in [0, 0.05) is 6.21 Å². The Kier molecular flexibility index (Phi) is 3.77. The van der Waals surface area contributed by atoms with Crippen LogP contribution in [-0.4, -0.2) is 37.7 Å². The Bertz CT molecular complexity index is 725. The molecule has 6 nitrogen and oxygen atoms in total. The maximum absolute atomic E-state index is 12.1. The molecule has 2 heterocycles. The SMILES string of the molecule is CC1(c2cccc(C3(C(N)=O)C=CC=NC3)c2)COCC(N)=N1. The van der Waals surface area contributed by atoms with Crippen molar-refractivity contribution in [3.8, 4) is 0 Å². The zero-order valence-electron chi connectivity index (χ0n) is 13.0. The minimum absolute atomic E-state index is 0.306. The molecular weight excluding hydrogens is 292 g/mol. The van der Waals surface area contributed by atoms with Gasteiger partial charge in [0.15, 0.2) is 0 Å². The molecule has 3 rings (SSSR count). The van der Waals surface area contributed by atoms with Crippen LogP contribution in [0.3, 0.4) is 0 Å². The smallest absolute Gasteiger partial charge is 0.233 e. The van der Waals surface area contributed by atoms with Crippen LogP contribution in [0.5, 0.6) is 0 Å². The van der Waals surface area contributed by atoms with Crippen LogP contribution >= 0.6 is 0 Å². The highest BCUT2D eigenvalue weighted by Crippen LogP contribution is 2.34. The first kappa shape index (κ1) is 15.4. The molecule has 1 aromatic rings. The number of nitrogens with two attached hydrogens (primary N) is 2. The predicted octanol–water partition coefficient (Wildman–Crippen LogP) is 0.653. The molecule has 2 unspecified atom stereocenters. The number of amides is 1. The number of ether oxygens (including phenoxy) is 1. The van der Waals surface area contributed by atoms with Crippen molar-refractivity contribution in [1.29, 1.82) is 0 Å². The lowest BCUT2D eigenvalue weighted by molar-refractivity contribution is -0.121. The number of hydrogen-bond donors (Lipinski definition) is 2. The van der Waals surface area contributed by atoms with Gasteiger partial charge in [-0.25, -0.2) is 0 Å². The first-order valence-electron chi connectivity index (χ1n) is 7.47. The second-order valence-corrected chi connectivity index (χ2v) is 6.14. The molecule has 1 aromatic carbocycles. The number of carbonyl (C=O) groups is 1. The fourth-order valence-corrected chi connectivity index (χ4v) is 3.02.